The third-order valence-electron chi connectivity index (χ3n) is 5.94. The predicted octanol–water partition coefficient (Wildman–Crippen LogP) is 3.83. The van der Waals surface area contributed by atoms with Crippen molar-refractivity contribution in [3.8, 4) is 22.8 Å². The lowest BCUT2D eigenvalue weighted by atomic mass is 9.89. The van der Waals surface area contributed by atoms with Gasteiger partial charge in [-0.05, 0) is 37.0 Å². The van der Waals surface area contributed by atoms with Gasteiger partial charge >= 0.3 is 0 Å². The highest BCUT2D eigenvalue weighted by Crippen LogP contribution is 2.31. The molecule has 33 heavy (non-hydrogen) atoms. The largest absolute Gasteiger partial charge is 0.353 e. The summed E-state index contributed by atoms with van der Waals surface area (Å²) >= 11 is 0. The van der Waals surface area contributed by atoms with Crippen LogP contribution in [0.25, 0.3) is 22.8 Å². The molecule has 5 rings (SSSR count). The second-order valence-electron chi connectivity index (χ2n) is 8.31. The van der Waals surface area contributed by atoms with E-state index in [1.807, 2.05) is 72.5 Å². The summed E-state index contributed by atoms with van der Waals surface area (Å²) in [6.07, 6.45) is 8.46. The lowest BCUT2D eigenvalue weighted by molar-refractivity contribution is -0.121. The average molecular weight is 439 g/mol. The van der Waals surface area contributed by atoms with E-state index >= 15 is 0 Å². The minimum absolute atomic E-state index is 0.0765. The second-order valence-corrected chi connectivity index (χ2v) is 8.31. The van der Waals surface area contributed by atoms with Crippen molar-refractivity contribution >= 4 is 5.91 Å². The Kier molecular flexibility index (Phi) is 5.93. The molecule has 1 amide bonds. The Hall–Kier alpha value is -3.87. The Morgan fingerprint density at radius 1 is 1.12 bits per heavy atom. The number of carbonyl (C=O) groups is 1. The van der Waals surface area contributed by atoms with Crippen LogP contribution in [0.1, 0.15) is 36.6 Å². The number of benzene rings is 1. The summed E-state index contributed by atoms with van der Waals surface area (Å²) in [7, 11) is 0. The van der Waals surface area contributed by atoms with Crippen LogP contribution >= 0.6 is 0 Å². The van der Waals surface area contributed by atoms with E-state index < -0.39 is 0 Å². The summed E-state index contributed by atoms with van der Waals surface area (Å²) in [5, 5.41) is 7.98. The molecular formula is C26H26N6O. The highest BCUT2D eigenvalue weighted by Gasteiger charge is 2.26. The zero-order valence-corrected chi connectivity index (χ0v) is 18.6. The zero-order chi connectivity index (χ0) is 22.6. The minimum Gasteiger partial charge on any atom is -0.353 e. The molecule has 0 saturated heterocycles. The van der Waals surface area contributed by atoms with Gasteiger partial charge in [0.15, 0.2) is 5.82 Å². The molecule has 1 aromatic carbocycles. The van der Waals surface area contributed by atoms with Crippen molar-refractivity contribution in [2.45, 2.75) is 45.2 Å². The van der Waals surface area contributed by atoms with Crippen molar-refractivity contribution in [2.24, 2.45) is 0 Å². The third-order valence-corrected chi connectivity index (χ3v) is 5.94. The van der Waals surface area contributed by atoms with Crippen LogP contribution in [0.5, 0.6) is 0 Å². The second kappa shape index (κ2) is 9.32. The van der Waals surface area contributed by atoms with E-state index in [0.717, 1.165) is 46.6 Å². The number of hydrogen-bond donors (Lipinski definition) is 1. The number of carbonyl (C=O) groups excluding carboxylic acids is 1. The minimum atomic E-state index is 0.0765. The van der Waals surface area contributed by atoms with Gasteiger partial charge in [-0.25, -0.2) is 9.97 Å². The molecule has 1 aliphatic rings. The van der Waals surface area contributed by atoms with E-state index in [1.165, 1.54) is 0 Å². The molecule has 3 aromatic heterocycles. The standard InChI is InChI=1S/C26H26N6O/c1-2-24(33)28-20-10-11-22-21(15-20)25(30-26(29-22)19-8-4-3-5-9-19)23-12-14-32(31-23)17-18-7-6-13-27-16-18/h3-9,12-14,16,20H,2,10-11,15,17H2,1H3,(H,28,33). The van der Waals surface area contributed by atoms with Crippen molar-refractivity contribution in [3.05, 3.63) is 83.9 Å². The van der Waals surface area contributed by atoms with Crippen LogP contribution < -0.4 is 5.32 Å². The van der Waals surface area contributed by atoms with E-state index in [2.05, 4.69) is 10.3 Å². The predicted molar refractivity (Wildman–Crippen MR) is 126 cm³/mol. The van der Waals surface area contributed by atoms with Crippen molar-refractivity contribution in [1.29, 1.82) is 0 Å². The van der Waals surface area contributed by atoms with Crippen LogP contribution in [-0.4, -0.2) is 36.7 Å². The topological polar surface area (TPSA) is 85.6 Å². The first kappa shape index (κ1) is 21.0. The number of aryl methyl sites for hydroxylation is 1. The Labute approximate surface area is 192 Å². The van der Waals surface area contributed by atoms with Crippen LogP contribution in [0.4, 0.5) is 0 Å². The van der Waals surface area contributed by atoms with E-state index in [0.29, 0.717) is 25.2 Å². The molecule has 1 atom stereocenters. The van der Waals surface area contributed by atoms with Gasteiger partial charge in [0.05, 0.1) is 12.2 Å². The van der Waals surface area contributed by atoms with Gasteiger partial charge in [0.2, 0.25) is 5.91 Å². The Morgan fingerprint density at radius 3 is 2.79 bits per heavy atom. The van der Waals surface area contributed by atoms with E-state index in [4.69, 9.17) is 15.1 Å². The van der Waals surface area contributed by atoms with Gasteiger partial charge in [-0.3, -0.25) is 14.5 Å². The van der Waals surface area contributed by atoms with E-state index in [9.17, 15) is 4.79 Å². The summed E-state index contributed by atoms with van der Waals surface area (Å²) in [5.41, 5.74) is 5.86. The number of fused-ring (bicyclic) bond motifs is 1. The van der Waals surface area contributed by atoms with Crippen molar-refractivity contribution in [2.75, 3.05) is 0 Å². The molecule has 0 spiro atoms. The van der Waals surface area contributed by atoms with Gasteiger partial charge in [-0.15, -0.1) is 0 Å². The molecule has 166 valence electrons. The monoisotopic (exact) mass is 438 g/mol. The number of rotatable bonds is 6. The summed E-state index contributed by atoms with van der Waals surface area (Å²) in [6, 6.07) is 16.1. The molecule has 0 saturated carbocycles. The molecule has 4 aromatic rings. The lowest BCUT2D eigenvalue weighted by Crippen LogP contribution is -2.39. The summed E-state index contributed by atoms with van der Waals surface area (Å²) in [6.45, 7) is 2.52. The highest BCUT2D eigenvalue weighted by atomic mass is 16.1. The Morgan fingerprint density at radius 2 is 2.00 bits per heavy atom. The maximum Gasteiger partial charge on any atom is 0.219 e. The fourth-order valence-electron chi connectivity index (χ4n) is 4.25. The first-order valence-corrected chi connectivity index (χ1v) is 11.4. The average Bonchev–Trinajstić information content (AvgIpc) is 3.32. The fourth-order valence-corrected chi connectivity index (χ4v) is 4.25. The molecule has 7 nitrogen and oxygen atoms in total. The van der Waals surface area contributed by atoms with Crippen LogP contribution in [0.2, 0.25) is 0 Å². The summed E-state index contributed by atoms with van der Waals surface area (Å²) < 4.78 is 1.90. The highest BCUT2D eigenvalue weighted by molar-refractivity contribution is 5.76. The first-order chi connectivity index (χ1) is 16.2. The molecule has 1 N–H and O–H groups in total. The van der Waals surface area contributed by atoms with Crippen molar-refractivity contribution in [1.82, 2.24) is 30.0 Å². The van der Waals surface area contributed by atoms with Gasteiger partial charge in [-0.1, -0.05) is 43.3 Å². The number of aromatic nitrogens is 5. The molecule has 1 unspecified atom stereocenters. The number of pyridine rings is 1. The molecular weight excluding hydrogens is 412 g/mol. The summed E-state index contributed by atoms with van der Waals surface area (Å²) in [5.74, 6) is 0.787. The normalized spacial score (nSPS) is 15.1. The van der Waals surface area contributed by atoms with Crippen LogP contribution in [0, 0.1) is 0 Å². The lowest BCUT2D eigenvalue weighted by Gasteiger charge is -2.26. The molecule has 0 radical (unpaired) electrons. The first-order valence-electron chi connectivity index (χ1n) is 11.4. The maximum absolute atomic E-state index is 12.0. The molecule has 7 heteroatoms. The quantitative estimate of drug-likeness (QED) is 0.494. The third kappa shape index (κ3) is 4.67. The van der Waals surface area contributed by atoms with Crippen molar-refractivity contribution in [3.63, 3.8) is 0 Å². The maximum atomic E-state index is 12.0. The molecule has 0 aliphatic heterocycles. The number of nitrogens with zero attached hydrogens (tertiary/aromatic N) is 5. The Balaban J connectivity index is 1.53. The molecule has 1 aliphatic carbocycles. The SMILES string of the molecule is CCC(=O)NC1CCc2nc(-c3ccccc3)nc(-c3ccn(Cc4cccnc4)n3)c2C1. The van der Waals surface area contributed by atoms with E-state index in [-0.39, 0.29) is 11.9 Å². The van der Waals surface area contributed by atoms with Crippen molar-refractivity contribution < 1.29 is 4.79 Å². The zero-order valence-electron chi connectivity index (χ0n) is 18.6. The number of hydrogen-bond acceptors (Lipinski definition) is 5. The fraction of sp³-hybridized carbons (Fsp3) is 0.269. The molecule has 3 heterocycles. The van der Waals surface area contributed by atoms with Gasteiger partial charge in [0.25, 0.3) is 0 Å². The smallest absolute Gasteiger partial charge is 0.219 e. The van der Waals surface area contributed by atoms with E-state index in [1.54, 1.807) is 6.20 Å². The molecule has 0 bridgehead atoms. The van der Waals surface area contributed by atoms with Gasteiger partial charge < -0.3 is 5.32 Å². The van der Waals surface area contributed by atoms with Gasteiger partial charge in [-0.2, -0.15) is 5.10 Å². The van der Waals surface area contributed by atoms with Crippen LogP contribution in [-0.2, 0) is 24.2 Å². The summed E-state index contributed by atoms with van der Waals surface area (Å²) in [4.78, 5) is 26.1. The van der Waals surface area contributed by atoms with Gasteiger partial charge in [0, 0.05) is 47.9 Å². The van der Waals surface area contributed by atoms with Crippen LogP contribution in [0.15, 0.2) is 67.1 Å². The number of amides is 1. The van der Waals surface area contributed by atoms with Gasteiger partial charge in [0.1, 0.15) is 5.69 Å². The Bertz CT molecular complexity index is 1250. The van der Waals surface area contributed by atoms with Crippen LogP contribution in [0.3, 0.4) is 0 Å². The molecule has 0 fully saturated rings. The number of nitrogens with one attached hydrogen (secondary N) is 1.